The molecule has 0 bridgehead atoms. The lowest BCUT2D eigenvalue weighted by atomic mass is 10.2. The first-order valence-corrected chi connectivity index (χ1v) is 7.26. The predicted molar refractivity (Wildman–Crippen MR) is 74.5 cm³/mol. The van der Waals surface area contributed by atoms with Gasteiger partial charge in [-0.2, -0.15) is 0 Å². The maximum absolute atomic E-state index is 10.6. The first kappa shape index (κ1) is 13.4. The highest BCUT2D eigenvalue weighted by atomic mass is 79.9. The zero-order valence-electron chi connectivity index (χ0n) is 9.58. The molecule has 0 amide bonds. The number of nitro groups is 1. The van der Waals surface area contributed by atoms with Crippen molar-refractivity contribution >= 4 is 27.7 Å². The maximum atomic E-state index is 10.6. The second-order valence-corrected chi connectivity index (χ2v) is 5.79. The zero-order chi connectivity index (χ0) is 13.0. The Morgan fingerprint density at radius 3 is 3.11 bits per heavy atom. The number of aromatic nitrogens is 1. The number of thioether (sulfide) groups is 1. The molecule has 1 saturated heterocycles. The van der Waals surface area contributed by atoms with E-state index in [9.17, 15) is 10.1 Å². The summed E-state index contributed by atoms with van der Waals surface area (Å²) < 4.78 is 0.792. The number of rotatable bonds is 3. The van der Waals surface area contributed by atoms with Crippen molar-refractivity contribution in [3.8, 4) is 0 Å². The summed E-state index contributed by atoms with van der Waals surface area (Å²) in [6.07, 6.45) is 3.92. The second-order valence-electron chi connectivity index (χ2n) is 3.87. The Balaban J connectivity index is 2.10. The molecule has 0 N–H and O–H groups in total. The highest BCUT2D eigenvalue weighted by molar-refractivity contribution is 9.10. The van der Waals surface area contributed by atoms with Crippen LogP contribution in [-0.2, 0) is 6.54 Å². The van der Waals surface area contributed by atoms with Gasteiger partial charge in [0.1, 0.15) is 9.63 Å². The van der Waals surface area contributed by atoms with Gasteiger partial charge in [0.15, 0.2) is 0 Å². The van der Waals surface area contributed by atoms with E-state index in [0.717, 1.165) is 40.1 Å². The smallest absolute Gasteiger partial charge is 0.264 e. The van der Waals surface area contributed by atoms with E-state index in [1.165, 1.54) is 11.8 Å². The van der Waals surface area contributed by atoms with E-state index in [0.29, 0.717) is 6.54 Å². The number of nitrogens with zero attached hydrogens (tertiary/aromatic N) is 3. The van der Waals surface area contributed by atoms with Gasteiger partial charge in [-0.15, -0.1) is 11.8 Å². The van der Waals surface area contributed by atoms with Gasteiger partial charge in [-0.05, 0) is 34.0 Å². The van der Waals surface area contributed by atoms with E-state index in [4.69, 9.17) is 0 Å². The van der Waals surface area contributed by atoms with Crippen molar-refractivity contribution in [2.75, 3.05) is 12.3 Å². The monoisotopic (exact) mass is 329 g/mol. The third-order valence-electron chi connectivity index (χ3n) is 2.51. The van der Waals surface area contributed by atoms with Crippen molar-refractivity contribution in [1.29, 1.82) is 0 Å². The summed E-state index contributed by atoms with van der Waals surface area (Å²) >= 11 is 4.82. The number of hydrogen-bond donors (Lipinski definition) is 0. The standard InChI is InChI=1S/C11H12BrN3O2S/c12-10-3-2-9(6-13-10)7-14-4-1-5-18-11(14)8-15(16)17/h2-3,6,8H,1,4-5,7H2/b11-8-. The van der Waals surface area contributed by atoms with Gasteiger partial charge in [0.2, 0.25) is 0 Å². The SMILES string of the molecule is O=[N+]([O-])/C=C1\SCCCN1Cc1ccc(Br)nc1. The Kier molecular flexibility index (Phi) is 4.60. The predicted octanol–water partition coefficient (Wildman–Crippen LogP) is 2.86. The summed E-state index contributed by atoms with van der Waals surface area (Å²) in [6.45, 7) is 1.51. The lowest BCUT2D eigenvalue weighted by molar-refractivity contribution is -0.403. The molecular formula is C11H12BrN3O2S. The minimum atomic E-state index is -0.388. The zero-order valence-corrected chi connectivity index (χ0v) is 12.0. The molecule has 1 aromatic heterocycles. The van der Waals surface area contributed by atoms with Gasteiger partial charge in [-0.25, -0.2) is 4.98 Å². The van der Waals surface area contributed by atoms with Crippen LogP contribution in [0.4, 0.5) is 0 Å². The van der Waals surface area contributed by atoms with Crippen LogP contribution in [0, 0.1) is 10.1 Å². The third-order valence-corrected chi connectivity index (χ3v) is 4.13. The molecule has 96 valence electrons. The molecule has 18 heavy (non-hydrogen) atoms. The Hall–Kier alpha value is -1.08. The van der Waals surface area contributed by atoms with Gasteiger partial charge in [-0.1, -0.05) is 6.07 Å². The lowest BCUT2D eigenvalue weighted by Crippen LogP contribution is -2.27. The van der Waals surface area contributed by atoms with E-state index in [1.807, 2.05) is 17.0 Å². The average molecular weight is 330 g/mol. The Morgan fingerprint density at radius 1 is 1.61 bits per heavy atom. The van der Waals surface area contributed by atoms with Crippen LogP contribution in [0.25, 0.3) is 0 Å². The first-order chi connectivity index (χ1) is 8.65. The minimum Gasteiger partial charge on any atom is -0.357 e. The van der Waals surface area contributed by atoms with Crippen molar-refractivity contribution in [3.63, 3.8) is 0 Å². The van der Waals surface area contributed by atoms with Crippen molar-refractivity contribution in [3.05, 3.63) is 49.8 Å². The normalized spacial score (nSPS) is 18.1. The Morgan fingerprint density at radius 2 is 2.44 bits per heavy atom. The molecule has 1 aliphatic rings. The average Bonchev–Trinajstić information content (AvgIpc) is 2.34. The molecule has 7 heteroatoms. The molecule has 1 aliphatic heterocycles. The number of hydrogen-bond acceptors (Lipinski definition) is 5. The molecule has 1 aromatic rings. The molecule has 0 aromatic carbocycles. The van der Waals surface area contributed by atoms with E-state index in [1.54, 1.807) is 6.20 Å². The van der Waals surface area contributed by atoms with Crippen LogP contribution in [0.3, 0.4) is 0 Å². The highest BCUT2D eigenvalue weighted by Gasteiger charge is 2.18. The fraction of sp³-hybridized carbons (Fsp3) is 0.364. The highest BCUT2D eigenvalue weighted by Crippen LogP contribution is 2.28. The van der Waals surface area contributed by atoms with Gasteiger partial charge in [0, 0.05) is 25.0 Å². The third kappa shape index (κ3) is 3.71. The van der Waals surface area contributed by atoms with Gasteiger partial charge in [0.05, 0.1) is 4.92 Å². The Labute approximate surface area is 118 Å². The summed E-state index contributed by atoms with van der Waals surface area (Å²) in [5.74, 6) is 0.939. The summed E-state index contributed by atoms with van der Waals surface area (Å²) in [6, 6.07) is 3.85. The first-order valence-electron chi connectivity index (χ1n) is 5.48. The summed E-state index contributed by atoms with van der Waals surface area (Å²) in [5, 5.41) is 11.3. The number of pyridine rings is 1. The molecule has 2 rings (SSSR count). The summed E-state index contributed by atoms with van der Waals surface area (Å²) in [5.41, 5.74) is 1.05. The second kappa shape index (κ2) is 6.19. The van der Waals surface area contributed by atoms with Crippen LogP contribution in [0.2, 0.25) is 0 Å². The summed E-state index contributed by atoms with van der Waals surface area (Å²) in [4.78, 5) is 16.4. The molecule has 0 spiro atoms. The number of halogens is 1. The van der Waals surface area contributed by atoms with Crippen molar-refractivity contribution in [2.45, 2.75) is 13.0 Å². The maximum Gasteiger partial charge on any atom is 0.264 e. The van der Waals surface area contributed by atoms with Crippen LogP contribution in [0.1, 0.15) is 12.0 Å². The molecular weight excluding hydrogens is 318 g/mol. The van der Waals surface area contributed by atoms with Crippen molar-refractivity contribution in [2.24, 2.45) is 0 Å². The van der Waals surface area contributed by atoms with Crippen LogP contribution in [-0.4, -0.2) is 27.1 Å². The molecule has 0 atom stereocenters. The van der Waals surface area contributed by atoms with Crippen molar-refractivity contribution < 1.29 is 4.92 Å². The molecule has 0 radical (unpaired) electrons. The fourth-order valence-corrected chi connectivity index (χ4v) is 2.94. The quantitative estimate of drug-likeness (QED) is 0.484. The van der Waals surface area contributed by atoms with Gasteiger partial charge < -0.3 is 4.90 Å². The molecule has 0 unspecified atom stereocenters. The van der Waals surface area contributed by atoms with Gasteiger partial charge in [-0.3, -0.25) is 10.1 Å². The van der Waals surface area contributed by atoms with E-state index in [2.05, 4.69) is 20.9 Å². The minimum absolute atomic E-state index is 0.388. The van der Waals surface area contributed by atoms with E-state index in [-0.39, 0.29) is 4.92 Å². The molecule has 2 heterocycles. The molecule has 5 nitrogen and oxygen atoms in total. The van der Waals surface area contributed by atoms with Gasteiger partial charge in [0.25, 0.3) is 6.20 Å². The van der Waals surface area contributed by atoms with Crippen LogP contribution in [0.5, 0.6) is 0 Å². The van der Waals surface area contributed by atoms with Crippen molar-refractivity contribution in [1.82, 2.24) is 9.88 Å². The molecule has 0 saturated carbocycles. The largest absolute Gasteiger partial charge is 0.357 e. The molecule has 1 fully saturated rings. The Bertz CT molecular complexity index is 464. The van der Waals surface area contributed by atoms with Crippen LogP contribution < -0.4 is 0 Å². The van der Waals surface area contributed by atoms with E-state index >= 15 is 0 Å². The van der Waals surface area contributed by atoms with E-state index < -0.39 is 0 Å². The van der Waals surface area contributed by atoms with Crippen LogP contribution >= 0.6 is 27.7 Å². The van der Waals surface area contributed by atoms with Gasteiger partial charge >= 0.3 is 0 Å². The molecule has 0 aliphatic carbocycles. The lowest BCUT2D eigenvalue weighted by Gasteiger charge is -2.29. The topological polar surface area (TPSA) is 59.3 Å². The summed E-state index contributed by atoms with van der Waals surface area (Å²) in [7, 11) is 0. The fourth-order valence-electron chi connectivity index (χ4n) is 1.72. The van der Waals surface area contributed by atoms with Crippen LogP contribution in [0.15, 0.2) is 34.2 Å².